The standard InChI is InChI=1S/C15H17N5O/c1-10-8-12(3)20(19-10)9-11(2)17-18-15-16-13-6-4-5-7-14(13)21-15/h4-8H,9H2,1-3H3,(H,16,18)/b17-11+. The van der Waals surface area contributed by atoms with Gasteiger partial charge in [0.15, 0.2) is 5.58 Å². The second kappa shape index (κ2) is 5.40. The normalized spacial score (nSPS) is 12.0. The fraction of sp³-hybridized carbons (Fsp3) is 0.267. The maximum absolute atomic E-state index is 5.54. The van der Waals surface area contributed by atoms with E-state index >= 15 is 0 Å². The number of hydrogen-bond donors (Lipinski definition) is 1. The Hall–Kier alpha value is -2.63. The lowest BCUT2D eigenvalue weighted by Gasteiger charge is -2.03. The number of hydrazone groups is 1. The van der Waals surface area contributed by atoms with Crippen LogP contribution in [0.1, 0.15) is 18.3 Å². The van der Waals surface area contributed by atoms with Gasteiger partial charge in [0.1, 0.15) is 5.52 Å². The molecule has 3 aromatic rings. The summed E-state index contributed by atoms with van der Waals surface area (Å²) in [7, 11) is 0. The highest BCUT2D eigenvalue weighted by molar-refractivity contribution is 5.82. The van der Waals surface area contributed by atoms with Crippen LogP contribution < -0.4 is 5.43 Å². The number of aromatic nitrogens is 3. The molecule has 6 nitrogen and oxygen atoms in total. The van der Waals surface area contributed by atoms with Crippen LogP contribution in [0.25, 0.3) is 11.1 Å². The first-order chi connectivity index (χ1) is 10.1. The van der Waals surface area contributed by atoms with Gasteiger partial charge in [-0.25, -0.2) is 5.43 Å². The van der Waals surface area contributed by atoms with Crippen molar-refractivity contribution < 1.29 is 4.42 Å². The molecule has 0 spiro atoms. The summed E-state index contributed by atoms with van der Waals surface area (Å²) >= 11 is 0. The monoisotopic (exact) mass is 283 g/mol. The van der Waals surface area contributed by atoms with Crippen LogP contribution in [0.15, 0.2) is 39.9 Å². The summed E-state index contributed by atoms with van der Waals surface area (Å²) in [6, 6.07) is 10.0. The van der Waals surface area contributed by atoms with Crippen LogP contribution in [0.4, 0.5) is 6.01 Å². The van der Waals surface area contributed by atoms with Crippen molar-refractivity contribution in [2.75, 3.05) is 5.43 Å². The molecular weight excluding hydrogens is 266 g/mol. The summed E-state index contributed by atoms with van der Waals surface area (Å²) in [6.45, 7) is 6.58. The Kier molecular flexibility index (Phi) is 3.43. The van der Waals surface area contributed by atoms with Gasteiger partial charge in [0.2, 0.25) is 0 Å². The van der Waals surface area contributed by atoms with Gasteiger partial charge < -0.3 is 4.42 Å². The third-order valence-electron chi connectivity index (χ3n) is 3.12. The van der Waals surface area contributed by atoms with Gasteiger partial charge in [0.25, 0.3) is 0 Å². The van der Waals surface area contributed by atoms with Gasteiger partial charge in [-0.05, 0) is 39.0 Å². The Bertz CT molecular complexity index is 766. The summed E-state index contributed by atoms with van der Waals surface area (Å²) in [5, 5.41) is 8.69. The second-order valence-electron chi connectivity index (χ2n) is 5.03. The molecular formula is C15H17N5O. The molecule has 0 atom stereocenters. The molecule has 0 fully saturated rings. The number of aryl methyl sites for hydroxylation is 2. The molecule has 0 aliphatic heterocycles. The number of fused-ring (bicyclic) bond motifs is 1. The van der Waals surface area contributed by atoms with Crippen molar-refractivity contribution in [1.82, 2.24) is 14.8 Å². The molecule has 0 aliphatic rings. The average Bonchev–Trinajstić information content (AvgIpc) is 2.99. The molecule has 0 unspecified atom stereocenters. The minimum Gasteiger partial charge on any atom is -0.422 e. The van der Waals surface area contributed by atoms with Crippen LogP contribution in [-0.4, -0.2) is 20.5 Å². The highest BCUT2D eigenvalue weighted by Crippen LogP contribution is 2.17. The van der Waals surface area contributed by atoms with Crippen LogP contribution >= 0.6 is 0 Å². The molecule has 21 heavy (non-hydrogen) atoms. The van der Waals surface area contributed by atoms with E-state index < -0.39 is 0 Å². The lowest BCUT2D eigenvalue weighted by molar-refractivity contribution is 0.616. The lowest BCUT2D eigenvalue weighted by atomic mass is 10.3. The Morgan fingerprint density at radius 2 is 2.14 bits per heavy atom. The Morgan fingerprint density at radius 1 is 1.33 bits per heavy atom. The highest BCUT2D eigenvalue weighted by atomic mass is 16.4. The van der Waals surface area contributed by atoms with E-state index in [2.05, 4.69) is 20.6 Å². The van der Waals surface area contributed by atoms with Crippen molar-refractivity contribution in [2.24, 2.45) is 5.10 Å². The second-order valence-corrected chi connectivity index (χ2v) is 5.03. The fourth-order valence-corrected chi connectivity index (χ4v) is 2.15. The molecule has 2 heterocycles. The van der Waals surface area contributed by atoms with Crippen LogP contribution in [0.5, 0.6) is 0 Å². The largest absolute Gasteiger partial charge is 0.422 e. The summed E-state index contributed by atoms with van der Waals surface area (Å²) in [6.07, 6.45) is 0. The van der Waals surface area contributed by atoms with Crippen molar-refractivity contribution in [2.45, 2.75) is 27.3 Å². The van der Waals surface area contributed by atoms with Crippen molar-refractivity contribution in [3.8, 4) is 0 Å². The lowest BCUT2D eigenvalue weighted by Crippen LogP contribution is -2.11. The molecule has 108 valence electrons. The van der Waals surface area contributed by atoms with E-state index in [1.807, 2.05) is 55.8 Å². The zero-order chi connectivity index (χ0) is 14.8. The number of anilines is 1. The molecule has 0 amide bonds. The van der Waals surface area contributed by atoms with Gasteiger partial charge in [0, 0.05) is 5.69 Å². The van der Waals surface area contributed by atoms with E-state index in [1.54, 1.807) is 0 Å². The molecule has 0 saturated carbocycles. The third kappa shape index (κ3) is 2.94. The number of rotatable bonds is 4. The van der Waals surface area contributed by atoms with E-state index in [0.29, 0.717) is 12.6 Å². The van der Waals surface area contributed by atoms with Gasteiger partial charge in [-0.15, -0.1) is 0 Å². The SMILES string of the molecule is C/C(Cn1nc(C)cc1C)=N\Nc1nc2ccccc2o1. The molecule has 0 radical (unpaired) electrons. The quantitative estimate of drug-likeness (QED) is 0.590. The van der Waals surface area contributed by atoms with Gasteiger partial charge >= 0.3 is 6.01 Å². The number of para-hydroxylation sites is 2. The summed E-state index contributed by atoms with van der Waals surface area (Å²) in [5.74, 6) is 0. The zero-order valence-corrected chi connectivity index (χ0v) is 12.3. The molecule has 0 saturated heterocycles. The smallest absolute Gasteiger partial charge is 0.316 e. The van der Waals surface area contributed by atoms with E-state index in [-0.39, 0.29) is 0 Å². The first-order valence-corrected chi connectivity index (χ1v) is 6.77. The molecule has 1 aromatic carbocycles. The van der Waals surface area contributed by atoms with Gasteiger partial charge in [-0.3, -0.25) is 4.68 Å². The molecule has 0 bridgehead atoms. The predicted octanol–water partition coefficient (Wildman–Crippen LogP) is 3.13. The van der Waals surface area contributed by atoms with Crippen molar-refractivity contribution in [1.29, 1.82) is 0 Å². The molecule has 1 N–H and O–H groups in total. The first-order valence-electron chi connectivity index (χ1n) is 6.77. The summed E-state index contributed by atoms with van der Waals surface area (Å²) < 4.78 is 7.46. The first kappa shape index (κ1) is 13.4. The third-order valence-corrected chi connectivity index (χ3v) is 3.12. The zero-order valence-electron chi connectivity index (χ0n) is 12.3. The Morgan fingerprint density at radius 3 is 2.86 bits per heavy atom. The number of hydrogen-bond acceptors (Lipinski definition) is 5. The number of benzene rings is 1. The maximum Gasteiger partial charge on any atom is 0.316 e. The van der Waals surface area contributed by atoms with Crippen LogP contribution in [-0.2, 0) is 6.54 Å². The molecule has 3 rings (SSSR count). The van der Waals surface area contributed by atoms with Crippen molar-refractivity contribution in [3.05, 3.63) is 41.7 Å². The Labute approximate surface area is 122 Å². The van der Waals surface area contributed by atoms with Gasteiger partial charge in [0.05, 0.1) is 18.0 Å². The van der Waals surface area contributed by atoms with Gasteiger partial charge in [-0.2, -0.15) is 15.2 Å². The van der Waals surface area contributed by atoms with Crippen molar-refractivity contribution in [3.63, 3.8) is 0 Å². The number of oxazole rings is 1. The van der Waals surface area contributed by atoms with Crippen LogP contribution in [0, 0.1) is 13.8 Å². The minimum atomic E-state index is 0.393. The van der Waals surface area contributed by atoms with Crippen molar-refractivity contribution >= 4 is 22.8 Å². The summed E-state index contributed by atoms with van der Waals surface area (Å²) in [4.78, 5) is 4.31. The topological polar surface area (TPSA) is 68.2 Å². The number of nitrogens with one attached hydrogen (secondary N) is 1. The average molecular weight is 283 g/mol. The van der Waals surface area contributed by atoms with E-state index in [4.69, 9.17) is 4.42 Å². The maximum atomic E-state index is 5.54. The number of nitrogens with zero attached hydrogens (tertiary/aromatic N) is 4. The predicted molar refractivity (Wildman–Crippen MR) is 82.4 cm³/mol. The fourth-order valence-electron chi connectivity index (χ4n) is 2.15. The van der Waals surface area contributed by atoms with Gasteiger partial charge in [-0.1, -0.05) is 12.1 Å². The van der Waals surface area contributed by atoms with Crippen LogP contribution in [0.3, 0.4) is 0 Å². The van der Waals surface area contributed by atoms with E-state index in [9.17, 15) is 0 Å². The minimum absolute atomic E-state index is 0.393. The van der Waals surface area contributed by atoms with E-state index in [1.165, 1.54) is 0 Å². The summed E-state index contributed by atoms with van der Waals surface area (Å²) in [5.41, 5.74) is 7.42. The molecule has 0 aliphatic carbocycles. The molecule has 2 aromatic heterocycles. The molecule has 6 heteroatoms. The Balaban J connectivity index is 1.71. The van der Waals surface area contributed by atoms with E-state index in [0.717, 1.165) is 28.2 Å². The highest BCUT2D eigenvalue weighted by Gasteiger charge is 2.05. The van der Waals surface area contributed by atoms with Crippen LogP contribution in [0.2, 0.25) is 0 Å².